The highest BCUT2D eigenvalue weighted by Crippen LogP contribution is 2.52. The minimum Gasteiger partial charge on any atom is -0.401 e. The summed E-state index contributed by atoms with van der Waals surface area (Å²) in [7, 11) is -1.81. The summed E-state index contributed by atoms with van der Waals surface area (Å²) in [5, 5.41) is 0. The van der Waals surface area contributed by atoms with E-state index in [0.29, 0.717) is 11.8 Å². The van der Waals surface area contributed by atoms with Gasteiger partial charge in [-0.15, -0.1) is 6.42 Å². The van der Waals surface area contributed by atoms with Gasteiger partial charge in [0.15, 0.2) is 8.32 Å². The lowest BCUT2D eigenvalue weighted by atomic mass is 9.66. The van der Waals surface area contributed by atoms with Gasteiger partial charge in [-0.3, -0.25) is 0 Å². The molecule has 170 valence electrons. The van der Waals surface area contributed by atoms with Gasteiger partial charge in [0.2, 0.25) is 0 Å². The van der Waals surface area contributed by atoms with Crippen molar-refractivity contribution in [2.75, 3.05) is 0 Å². The van der Waals surface area contributed by atoms with Crippen LogP contribution in [0.15, 0.2) is 36.0 Å². The van der Waals surface area contributed by atoms with Crippen LogP contribution in [0.3, 0.4) is 0 Å². The maximum absolute atomic E-state index is 7.10. The maximum atomic E-state index is 7.10. The van der Waals surface area contributed by atoms with Crippen LogP contribution in [-0.4, -0.2) is 13.9 Å². The van der Waals surface area contributed by atoms with Gasteiger partial charge in [-0.05, 0) is 86.9 Å². The van der Waals surface area contributed by atoms with E-state index in [0.717, 1.165) is 50.2 Å². The number of rotatable bonds is 13. The van der Waals surface area contributed by atoms with Crippen LogP contribution in [0.25, 0.3) is 0 Å². The summed E-state index contributed by atoms with van der Waals surface area (Å²) in [6, 6.07) is 3.40. The van der Waals surface area contributed by atoms with E-state index < -0.39 is 13.9 Å². The quantitative estimate of drug-likeness (QED) is 0.162. The molecular formula is C28H48OSi. The second kappa shape index (κ2) is 11.5. The molecule has 1 aliphatic carbocycles. The zero-order chi connectivity index (χ0) is 23.0. The van der Waals surface area contributed by atoms with Gasteiger partial charge in [0.05, 0.1) is 0 Å². The minimum atomic E-state index is -1.81. The van der Waals surface area contributed by atoms with E-state index in [1.807, 2.05) is 0 Å². The minimum absolute atomic E-state index is 0.132. The molecule has 2 heteroatoms. The standard InChI is InChI=1S/C28H48OSi/c1-11-25-18-19-26(24(8)9)27(25,10)21-22-28(12-2,20-16-17-23(6)7)29-30(13-3,14-4)15-5/h2,11,17-18,24,26H,1,13-16,19-22H2,3-10H3/t26-,27+,28?/m1/s1. The number of hydrogen-bond acceptors (Lipinski definition) is 1. The molecule has 1 nitrogen and oxygen atoms in total. The number of hydrogen-bond donors (Lipinski definition) is 0. The van der Waals surface area contributed by atoms with E-state index in [1.54, 1.807) is 0 Å². The van der Waals surface area contributed by atoms with Crippen LogP contribution in [0.2, 0.25) is 18.1 Å². The molecule has 1 aliphatic rings. The summed E-state index contributed by atoms with van der Waals surface area (Å²) < 4.78 is 7.10. The van der Waals surface area contributed by atoms with Gasteiger partial charge in [0.25, 0.3) is 0 Å². The zero-order valence-corrected chi connectivity index (χ0v) is 22.2. The fourth-order valence-electron chi connectivity index (χ4n) is 5.45. The van der Waals surface area contributed by atoms with E-state index in [-0.39, 0.29) is 5.41 Å². The Balaban J connectivity index is 3.24. The fourth-order valence-corrected chi connectivity index (χ4v) is 8.48. The van der Waals surface area contributed by atoms with Crippen molar-refractivity contribution in [1.29, 1.82) is 0 Å². The molecule has 1 unspecified atom stereocenters. The monoisotopic (exact) mass is 428 g/mol. The van der Waals surface area contributed by atoms with Gasteiger partial charge >= 0.3 is 0 Å². The fraction of sp³-hybridized carbons (Fsp3) is 0.714. The Hall–Kier alpha value is -1.04. The Morgan fingerprint density at radius 3 is 2.33 bits per heavy atom. The highest BCUT2D eigenvalue weighted by molar-refractivity contribution is 6.73. The molecule has 0 N–H and O–H groups in total. The molecule has 0 aromatic rings. The molecule has 0 bridgehead atoms. The molecule has 0 amide bonds. The molecule has 0 aromatic heterocycles. The first kappa shape index (κ1) is 27.0. The van der Waals surface area contributed by atoms with Crippen molar-refractivity contribution in [2.24, 2.45) is 17.3 Å². The average Bonchev–Trinajstić information content (AvgIpc) is 3.06. The summed E-state index contributed by atoms with van der Waals surface area (Å²) in [6.07, 6.45) is 18.1. The summed E-state index contributed by atoms with van der Waals surface area (Å²) in [4.78, 5) is 0. The molecule has 1 rings (SSSR count). The predicted molar refractivity (Wildman–Crippen MR) is 137 cm³/mol. The van der Waals surface area contributed by atoms with Crippen LogP contribution >= 0.6 is 0 Å². The molecule has 0 fully saturated rings. The lowest BCUT2D eigenvalue weighted by molar-refractivity contribution is 0.0715. The van der Waals surface area contributed by atoms with Gasteiger partial charge in [0, 0.05) is 0 Å². The second-order valence-corrected chi connectivity index (χ2v) is 14.9. The Labute approximate surface area is 189 Å². The van der Waals surface area contributed by atoms with Crippen LogP contribution in [0.1, 0.15) is 87.5 Å². The molecule has 0 aliphatic heterocycles. The van der Waals surface area contributed by atoms with Crippen molar-refractivity contribution in [3.8, 4) is 12.3 Å². The van der Waals surface area contributed by atoms with Crippen molar-refractivity contribution in [2.45, 2.75) is 111 Å². The first-order chi connectivity index (χ1) is 14.1. The third-order valence-corrected chi connectivity index (χ3v) is 12.5. The van der Waals surface area contributed by atoms with E-state index in [4.69, 9.17) is 10.8 Å². The summed E-state index contributed by atoms with van der Waals surface area (Å²) in [5.74, 6) is 4.49. The summed E-state index contributed by atoms with van der Waals surface area (Å²) in [5.41, 5.74) is 2.43. The van der Waals surface area contributed by atoms with Gasteiger partial charge in [-0.25, -0.2) is 0 Å². The highest BCUT2D eigenvalue weighted by atomic mass is 28.4. The Morgan fingerprint density at radius 1 is 1.30 bits per heavy atom. The van der Waals surface area contributed by atoms with Gasteiger partial charge in [0.1, 0.15) is 5.60 Å². The molecule has 0 saturated heterocycles. The zero-order valence-electron chi connectivity index (χ0n) is 21.2. The summed E-state index contributed by atoms with van der Waals surface area (Å²) >= 11 is 0. The first-order valence-electron chi connectivity index (χ1n) is 12.2. The second-order valence-electron chi connectivity index (χ2n) is 10.2. The predicted octanol–water partition coefficient (Wildman–Crippen LogP) is 8.70. The Kier molecular flexibility index (Phi) is 10.4. The molecule has 0 aromatic carbocycles. The topological polar surface area (TPSA) is 9.23 Å². The third-order valence-electron chi connectivity index (χ3n) is 7.85. The van der Waals surface area contributed by atoms with Gasteiger partial charge in [-0.2, -0.15) is 0 Å². The SMILES string of the molecule is C#CC(CCC=C(C)C)(CC[C@@]1(C)C(C=C)=CC[C@@H]1C(C)C)O[Si](CC)(CC)CC. The molecule has 30 heavy (non-hydrogen) atoms. The smallest absolute Gasteiger partial charge is 0.194 e. The van der Waals surface area contributed by atoms with E-state index in [9.17, 15) is 0 Å². The number of terminal acetylenes is 1. The van der Waals surface area contributed by atoms with Crippen molar-refractivity contribution in [3.63, 3.8) is 0 Å². The first-order valence-corrected chi connectivity index (χ1v) is 14.7. The van der Waals surface area contributed by atoms with Gasteiger partial charge in [-0.1, -0.05) is 77.8 Å². The summed E-state index contributed by atoms with van der Waals surface area (Å²) in [6.45, 7) is 22.5. The van der Waals surface area contributed by atoms with Crippen LogP contribution in [0.5, 0.6) is 0 Å². The number of allylic oxidation sites excluding steroid dienone is 5. The van der Waals surface area contributed by atoms with Crippen LogP contribution < -0.4 is 0 Å². The molecule has 0 heterocycles. The Morgan fingerprint density at radius 2 is 1.90 bits per heavy atom. The lowest BCUT2D eigenvalue weighted by Crippen LogP contribution is -2.47. The Bertz CT molecular complexity index is 648. The molecule has 0 saturated carbocycles. The van der Waals surface area contributed by atoms with Crippen LogP contribution in [0, 0.1) is 29.6 Å². The van der Waals surface area contributed by atoms with Crippen molar-refractivity contribution in [3.05, 3.63) is 36.0 Å². The van der Waals surface area contributed by atoms with Crippen LogP contribution in [0.4, 0.5) is 0 Å². The largest absolute Gasteiger partial charge is 0.401 e. The van der Waals surface area contributed by atoms with Crippen molar-refractivity contribution in [1.82, 2.24) is 0 Å². The molecule has 0 radical (unpaired) electrons. The van der Waals surface area contributed by atoms with Crippen molar-refractivity contribution >= 4 is 8.32 Å². The molecule has 0 spiro atoms. The normalized spacial score (nSPS) is 23.6. The molecule has 3 atom stereocenters. The highest BCUT2D eigenvalue weighted by Gasteiger charge is 2.45. The molecular weight excluding hydrogens is 380 g/mol. The average molecular weight is 429 g/mol. The van der Waals surface area contributed by atoms with Gasteiger partial charge < -0.3 is 4.43 Å². The van der Waals surface area contributed by atoms with E-state index in [1.165, 1.54) is 11.1 Å². The van der Waals surface area contributed by atoms with E-state index >= 15 is 0 Å². The lowest BCUT2D eigenvalue weighted by Gasteiger charge is -2.43. The maximum Gasteiger partial charge on any atom is 0.194 e. The van der Waals surface area contributed by atoms with Crippen molar-refractivity contribution < 1.29 is 4.43 Å². The third kappa shape index (κ3) is 6.24. The van der Waals surface area contributed by atoms with E-state index in [2.05, 4.69) is 86.1 Å². The van der Waals surface area contributed by atoms with Crippen LogP contribution in [-0.2, 0) is 4.43 Å².